The van der Waals surface area contributed by atoms with Gasteiger partial charge in [-0.25, -0.2) is 0 Å². The van der Waals surface area contributed by atoms with E-state index in [9.17, 15) is 0 Å². The van der Waals surface area contributed by atoms with Crippen molar-refractivity contribution in [1.29, 1.82) is 0 Å². The van der Waals surface area contributed by atoms with E-state index in [1.54, 1.807) is 6.08 Å². The largest absolute Gasteiger partial charge is 0.399 e. The zero-order chi connectivity index (χ0) is 22.2. The second-order valence-electron chi connectivity index (χ2n) is 8.52. The van der Waals surface area contributed by atoms with E-state index in [0.717, 1.165) is 30.3 Å². The highest BCUT2D eigenvalue weighted by Gasteiger charge is 2.14. The molecule has 0 rings (SSSR count). The van der Waals surface area contributed by atoms with E-state index in [4.69, 9.17) is 11.5 Å². The molecule has 4 N–H and O–H groups in total. The molecule has 0 aromatic carbocycles. The van der Waals surface area contributed by atoms with Gasteiger partial charge in [-0.3, -0.25) is 0 Å². The van der Waals surface area contributed by atoms with Crippen LogP contribution in [0.25, 0.3) is 0 Å². The van der Waals surface area contributed by atoms with E-state index < -0.39 is 0 Å². The number of hydrogen-bond acceptors (Lipinski definition) is 2. The van der Waals surface area contributed by atoms with Crippen LogP contribution in [0.15, 0.2) is 72.2 Å². The van der Waals surface area contributed by atoms with E-state index in [1.165, 1.54) is 37.7 Å². The second-order valence-corrected chi connectivity index (χ2v) is 8.52. The molecule has 0 saturated carbocycles. The molecule has 0 bridgehead atoms. The Hall–Kier alpha value is -1.96. The quantitative estimate of drug-likeness (QED) is 0.279. The Kier molecular flexibility index (Phi) is 14.8. The van der Waals surface area contributed by atoms with Crippen molar-refractivity contribution in [3.05, 3.63) is 72.2 Å². The van der Waals surface area contributed by atoms with E-state index in [1.807, 2.05) is 19.1 Å². The number of unbranched alkanes of at least 4 members (excludes halogenated alkanes) is 1. The topological polar surface area (TPSA) is 52.0 Å². The van der Waals surface area contributed by atoms with Gasteiger partial charge >= 0.3 is 0 Å². The van der Waals surface area contributed by atoms with Gasteiger partial charge < -0.3 is 11.5 Å². The molecule has 0 amide bonds. The molecule has 0 saturated heterocycles. The van der Waals surface area contributed by atoms with Crippen molar-refractivity contribution in [3.63, 3.8) is 0 Å². The average molecular weight is 399 g/mol. The monoisotopic (exact) mass is 398 g/mol. The fourth-order valence-electron chi connectivity index (χ4n) is 3.08. The highest BCUT2D eigenvalue weighted by atomic mass is 14.6. The van der Waals surface area contributed by atoms with Crippen LogP contribution in [-0.4, -0.2) is 0 Å². The van der Waals surface area contributed by atoms with Crippen LogP contribution in [0.3, 0.4) is 0 Å². The van der Waals surface area contributed by atoms with E-state index >= 15 is 0 Å². The number of nitrogens with two attached hydrogens (primary N) is 2. The predicted octanol–water partition coefficient (Wildman–Crippen LogP) is 7.58. The van der Waals surface area contributed by atoms with Crippen LogP contribution in [0, 0.1) is 17.8 Å². The Balaban J connectivity index is 4.27. The molecular weight excluding hydrogens is 352 g/mol. The first-order chi connectivity index (χ1) is 13.7. The molecule has 3 atom stereocenters. The lowest BCUT2D eigenvalue weighted by Crippen LogP contribution is -2.10. The summed E-state index contributed by atoms with van der Waals surface area (Å²) in [6.07, 6.45) is 20.1. The molecule has 2 heteroatoms. The molecule has 0 heterocycles. The molecule has 2 nitrogen and oxygen atoms in total. The first-order valence-corrected chi connectivity index (χ1v) is 11.3. The summed E-state index contributed by atoms with van der Waals surface area (Å²) in [6, 6.07) is 0. The van der Waals surface area contributed by atoms with Gasteiger partial charge in [-0.1, -0.05) is 95.6 Å². The van der Waals surface area contributed by atoms with Crippen LogP contribution in [0.1, 0.15) is 79.6 Å². The standard InChI is InChI=1S/C27H46N2/c1-8-10-14-22(4)24(6)18-19-25(7)23(5)17-16-21(3)13-11-12-15-27(29)20-26(28)9-2/h9,12,15-17,20,22,24-25H,3,5,8,10-11,13-14,18-19,28-29H2,1-2,4,6-7H3/b15-12+,17-16-,26-9+,27-20+. The van der Waals surface area contributed by atoms with Crippen LogP contribution >= 0.6 is 0 Å². The molecule has 0 spiro atoms. The number of allylic oxidation sites excluding steroid dienone is 8. The SMILES string of the molecule is C=C(/C=C\C(=C)C(C)CCC(C)C(C)CCCC)CC/C=C/C(N)=C\C(N)=C/C. The number of hydrogen-bond donors (Lipinski definition) is 2. The van der Waals surface area contributed by atoms with E-state index in [2.05, 4.69) is 59.1 Å². The maximum Gasteiger partial charge on any atom is 0.0331 e. The van der Waals surface area contributed by atoms with E-state index in [-0.39, 0.29) is 0 Å². The summed E-state index contributed by atoms with van der Waals surface area (Å²) in [4.78, 5) is 0. The molecule has 0 aromatic rings. The smallest absolute Gasteiger partial charge is 0.0331 e. The first-order valence-electron chi connectivity index (χ1n) is 11.3. The third-order valence-electron chi connectivity index (χ3n) is 5.81. The Morgan fingerprint density at radius 2 is 1.55 bits per heavy atom. The van der Waals surface area contributed by atoms with Crippen molar-refractivity contribution in [2.45, 2.75) is 79.6 Å². The summed E-state index contributed by atoms with van der Waals surface area (Å²) in [5, 5.41) is 0. The lowest BCUT2D eigenvalue weighted by atomic mass is 9.84. The lowest BCUT2D eigenvalue weighted by Gasteiger charge is -2.21. The normalized spacial score (nSPS) is 16.3. The minimum absolute atomic E-state index is 0.516. The highest BCUT2D eigenvalue weighted by molar-refractivity contribution is 5.27. The molecule has 0 radical (unpaired) electrons. The molecular formula is C27H46N2. The van der Waals surface area contributed by atoms with Crippen molar-refractivity contribution >= 4 is 0 Å². The van der Waals surface area contributed by atoms with Gasteiger partial charge in [0.15, 0.2) is 0 Å². The van der Waals surface area contributed by atoms with E-state index in [0.29, 0.717) is 17.3 Å². The summed E-state index contributed by atoms with van der Waals surface area (Å²) in [6.45, 7) is 19.7. The van der Waals surface area contributed by atoms with Gasteiger partial charge in [0.25, 0.3) is 0 Å². The molecule has 0 aromatic heterocycles. The van der Waals surface area contributed by atoms with Crippen molar-refractivity contribution < 1.29 is 0 Å². The molecule has 0 aliphatic rings. The zero-order valence-corrected chi connectivity index (χ0v) is 19.7. The Morgan fingerprint density at radius 1 is 0.897 bits per heavy atom. The lowest BCUT2D eigenvalue weighted by molar-refractivity contribution is 0.318. The van der Waals surface area contributed by atoms with Crippen molar-refractivity contribution in [1.82, 2.24) is 0 Å². The van der Waals surface area contributed by atoms with Crippen LogP contribution in [0.4, 0.5) is 0 Å². The molecule has 3 unspecified atom stereocenters. The van der Waals surface area contributed by atoms with Gasteiger partial charge in [0.05, 0.1) is 0 Å². The average Bonchev–Trinajstić information content (AvgIpc) is 2.70. The summed E-state index contributed by atoms with van der Waals surface area (Å²) >= 11 is 0. The summed E-state index contributed by atoms with van der Waals surface area (Å²) in [5.74, 6) is 2.12. The van der Waals surface area contributed by atoms with Crippen molar-refractivity contribution in [2.75, 3.05) is 0 Å². The van der Waals surface area contributed by atoms with Crippen molar-refractivity contribution in [3.8, 4) is 0 Å². The maximum absolute atomic E-state index is 5.90. The molecule has 0 aliphatic carbocycles. The molecule has 0 aliphatic heterocycles. The minimum atomic E-state index is 0.516. The molecule has 29 heavy (non-hydrogen) atoms. The zero-order valence-electron chi connectivity index (χ0n) is 19.7. The summed E-state index contributed by atoms with van der Waals surface area (Å²) in [5.41, 5.74) is 15.3. The van der Waals surface area contributed by atoms with Gasteiger partial charge in [0.2, 0.25) is 0 Å². The molecule has 164 valence electrons. The second kappa shape index (κ2) is 15.9. The Bertz CT molecular complexity index is 604. The summed E-state index contributed by atoms with van der Waals surface area (Å²) in [7, 11) is 0. The van der Waals surface area contributed by atoms with Crippen LogP contribution < -0.4 is 11.5 Å². The highest BCUT2D eigenvalue weighted by Crippen LogP contribution is 2.26. The molecule has 0 fully saturated rings. The Labute approximate surface area is 181 Å². The van der Waals surface area contributed by atoms with Gasteiger partial charge in [0, 0.05) is 11.4 Å². The fourth-order valence-corrected chi connectivity index (χ4v) is 3.08. The third kappa shape index (κ3) is 13.8. The van der Waals surface area contributed by atoms with Crippen LogP contribution in [0.2, 0.25) is 0 Å². The van der Waals surface area contributed by atoms with Gasteiger partial charge in [-0.2, -0.15) is 0 Å². The fraction of sp³-hybridized carbons (Fsp3) is 0.556. The van der Waals surface area contributed by atoms with Gasteiger partial charge in [0.1, 0.15) is 0 Å². The number of rotatable bonds is 15. The van der Waals surface area contributed by atoms with Gasteiger partial charge in [-0.05, 0) is 62.5 Å². The van der Waals surface area contributed by atoms with Crippen LogP contribution in [-0.2, 0) is 0 Å². The minimum Gasteiger partial charge on any atom is -0.399 e. The predicted molar refractivity (Wildman–Crippen MR) is 132 cm³/mol. The van der Waals surface area contributed by atoms with Gasteiger partial charge in [-0.15, -0.1) is 0 Å². The maximum atomic E-state index is 5.90. The van der Waals surface area contributed by atoms with Crippen molar-refractivity contribution in [2.24, 2.45) is 29.2 Å². The summed E-state index contributed by atoms with van der Waals surface area (Å²) < 4.78 is 0. The van der Waals surface area contributed by atoms with Crippen LogP contribution in [0.5, 0.6) is 0 Å². The first kappa shape index (κ1) is 27.0. The Morgan fingerprint density at radius 3 is 2.17 bits per heavy atom. The third-order valence-corrected chi connectivity index (χ3v) is 5.81.